The molecule has 4 N–H and O–H groups in total. The average Bonchev–Trinajstić information content (AvgIpc) is 3.59. The van der Waals surface area contributed by atoms with Crippen molar-refractivity contribution in [2.45, 2.75) is 56.8 Å². The van der Waals surface area contributed by atoms with Crippen LogP contribution in [-0.4, -0.2) is 90.8 Å². The Kier molecular flexibility index (Phi) is 6.71. The van der Waals surface area contributed by atoms with E-state index in [4.69, 9.17) is 15.2 Å². The van der Waals surface area contributed by atoms with Crippen molar-refractivity contribution in [1.82, 2.24) is 39.0 Å². The lowest BCUT2D eigenvalue weighted by molar-refractivity contribution is 0.0930. The van der Waals surface area contributed by atoms with Gasteiger partial charge in [0.2, 0.25) is 5.95 Å². The number of aromatic nitrogens is 6. The highest BCUT2D eigenvalue weighted by atomic mass is 32.2. The van der Waals surface area contributed by atoms with Gasteiger partial charge in [-0.2, -0.15) is 37.5 Å². The molecular formula is C24H31N11O3S. The Morgan fingerprint density at radius 2 is 1.97 bits per heavy atom. The standard InChI is InChI=1S/C24H31N11O3S/c1-33(20-6-18-3-2-4-19(7-20)35(18)39(37,38)34-12-15(9-25)13-34)24-28-21(16-10-26-27-11-16)8-22(30-24)29-23-5-17(14-36)31-32-23/h5,8,10-11,15,18-20,36H,2-4,6-7,12-14H2,1H3,(H,26,27)(H2,28,29,30,31,32)/t18-,19+,20-. The second kappa shape index (κ2) is 10.2. The van der Waals surface area contributed by atoms with Crippen molar-refractivity contribution in [2.24, 2.45) is 5.92 Å². The summed E-state index contributed by atoms with van der Waals surface area (Å²) in [5, 5.41) is 35.5. The fourth-order valence-corrected chi connectivity index (χ4v) is 7.98. The Hall–Kier alpha value is -3.58. The van der Waals surface area contributed by atoms with E-state index < -0.39 is 10.2 Å². The summed E-state index contributed by atoms with van der Waals surface area (Å²) < 4.78 is 30.1. The van der Waals surface area contributed by atoms with E-state index in [1.807, 2.05) is 11.9 Å². The number of nitrogens with zero attached hydrogens (tertiary/aromatic N) is 8. The predicted octanol–water partition coefficient (Wildman–Crippen LogP) is 1.35. The number of nitriles is 1. The van der Waals surface area contributed by atoms with Gasteiger partial charge in [-0.1, -0.05) is 6.42 Å². The first kappa shape index (κ1) is 25.7. The third kappa shape index (κ3) is 4.84. The van der Waals surface area contributed by atoms with Crippen LogP contribution in [0, 0.1) is 17.2 Å². The quantitative estimate of drug-likeness (QED) is 0.317. The first-order valence-electron chi connectivity index (χ1n) is 13.1. The molecule has 3 atom stereocenters. The van der Waals surface area contributed by atoms with E-state index in [0.29, 0.717) is 41.8 Å². The minimum atomic E-state index is -3.60. The molecule has 0 aliphatic carbocycles. The van der Waals surface area contributed by atoms with E-state index in [1.165, 1.54) is 4.31 Å². The van der Waals surface area contributed by atoms with Crippen LogP contribution in [0.4, 0.5) is 17.6 Å². The maximum Gasteiger partial charge on any atom is 0.282 e. The number of hydrogen-bond acceptors (Lipinski definition) is 10. The number of fused-ring (bicyclic) bond motifs is 2. The Labute approximate surface area is 226 Å². The van der Waals surface area contributed by atoms with Gasteiger partial charge in [0.1, 0.15) is 5.82 Å². The fourth-order valence-electron chi connectivity index (χ4n) is 5.84. The number of aliphatic hydroxyl groups excluding tert-OH is 1. The Morgan fingerprint density at radius 1 is 1.21 bits per heavy atom. The number of hydrogen-bond donors (Lipinski definition) is 4. The van der Waals surface area contributed by atoms with Crippen LogP contribution in [0.15, 0.2) is 24.5 Å². The Balaban J connectivity index is 1.25. The first-order chi connectivity index (χ1) is 18.9. The zero-order valence-corrected chi connectivity index (χ0v) is 22.3. The second-order valence-corrected chi connectivity index (χ2v) is 12.3. The van der Waals surface area contributed by atoms with E-state index in [9.17, 15) is 13.5 Å². The molecule has 3 aromatic heterocycles. The van der Waals surface area contributed by atoms with Gasteiger partial charge in [-0.05, 0) is 25.7 Å². The molecule has 15 heteroatoms. The third-order valence-corrected chi connectivity index (χ3v) is 10.0. The van der Waals surface area contributed by atoms with Crippen molar-refractivity contribution in [3.8, 4) is 17.3 Å². The second-order valence-electron chi connectivity index (χ2n) is 10.4. The summed E-state index contributed by atoms with van der Waals surface area (Å²) >= 11 is 0. The molecule has 0 aromatic carbocycles. The smallest absolute Gasteiger partial charge is 0.282 e. The number of H-pyrrole nitrogens is 2. The summed E-state index contributed by atoms with van der Waals surface area (Å²) in [6, 6.07) is 5.51. The van der Waals surface area contributed by atoms with E-state index in [1.54, 1.807) is 28.8 Å². The van der Waals surface area contributed by atoms with Crippen molar-refractivity contribution < 1.29 is 13.5 Å². The van der Waals surface area contributed by atoms with Gasteiger partial charge in [-0.15, -0.1) is 0 Å². The van der Waals surface area contributed by atoms with Crippen molar-refractivity contribution in [1.29, 1.82) is 5.26 Å². The summed E-state index contributed by atoms with van der Waals surface area (Å²) in [7, 11) is -1.65. The summed E-state index contributed by atoms with van der Waals surface area (Å²) in [5.41, 5.74) is 2.05. The molecule has 39 heavy (non-hydrogen) atoms. The SMILES string of the molecule is CN(c1nc(Nc2cc(CO)[nH]n2)cc(-c2cn[nH]c2)n1)[C@@H]1C[C@H]2CCC[C@@H](C1)N2S(=O)(=O)N1CC(C#N)C1. The normalized spacial score (nSPS) is 24.2. The molecule has 3 saturated heterocycles. The minimum Gasteiger partial charge on any atom is -0.390 e. The van der Waals surface area contributed by atoms with Crippen LogP contribution in [0.1, 0.15) is 37.8 Å². The van der Waals surface area contributed by atoms with Gasteiger partial charge in [0.25, 0.3) is 10.2 Å². The van der Waals surface area contributed by atoms with Crippen LogP contribution in [0.3, 0.4) is 0 Å². The lowest BCUT2D eigenvalue weighted by atomic mass is 9.83. The van der Waals surface area contributed by atoms with Gasteiger partial charge in [-0.25, -0.2) is 4.98 Å². The van der Waals surface area contributed by atoms with Crippen LogP contribution in [0.5, 0.6) is 0 Å². The lowest BCUT2D eigenvalue weighted by Crippen LogP contribution is -2.64. The molecular weight excluding hydrogens is 522 g/mol. The Morgan fingerprint density at radius 3 is 2.62 bits per heavy atom. The van der Waals surface area contributed by atoms with Crippen LogP contribution < -0.4 is 10.2 Å². The molecule has 6 heterocycles. The van der Waals surface area contributed by atoms with Gasteiger partial charge in [0.15, 0.2) is 5.82 Å². The lowest BCUT2D eigenvalue weighted by Gasteiger charge is -2.51. The molecule has 6 rings (SSSR count). The molecule has 0 saturated carbocycles. The van der Waals surface area contributed by atoms with E-state index in [0.717, 1.165) is 24.8 Å². The van der Waals surface area contributed by atoms with Crippen molar-refractivity contribution >= 4 is 27.8 Å². The summed E-state index contributed by atoms with van der Waals surface area (Å²) in [5.74, 6) is 1.33. The van der Waals surface area contributed by atoms with Gasteiger partial charge in [-0.3, -0.25) is 10.2 Å². The third-order valence-electron chi connectivity index (χ3n) is 7.94. The highest BCUT2D eigenvalue weighted by molar-refractivity contribution is 7.86. The topological polar surface area (TPSA) is 183 Å². The van der Waals surface area contributed by atoms with Crippen molar-refractivity contribution in [3.05, 3.63) is 30.2 Å². The molecule has 206 valence electrons. The molecule has 14 nitrogen and oxygen atoms in total. The van der Waals surface area contributed by atoms with Gasteiger partial charge in [0, 0.05) is 62.2 Å². The molecule has 3 fully saturated rings. The number of nitrogens with one attached hydrogen (secondary N) is 3. The number of piperidine rings is 2. The zero-order chi connectivity index (χ0) is 27.1. The highest BCUT2D eigenvalue weighted by Gasteiger charge is 2.50. The zero-order valence-electron chi connectivity index (χ0n) is 21.5. The molecule has 3 aliphatic heterocycles. The van der Waals surface area contributed by atoms with Gasteiger partial charge in [0.05, 0.1) is 36.2 Å². The number of anilines is 3. The van der Waals surface area contributed by atoms with Crippen LogP contribution >= 0.6 is 0 Å². The van der Waals surface area contributed by atoms with E-state index in [2.05, 4.69) is 31.8 Å². The number of aromatic amines is 2. The maximum atomic E-state index is 13.5. The summed E-state index contributed by atoms with van der Waals surface area (Å²) in [4.78, 5) is 11.6. The van der Waals surface area contributed by atoms with E-state index in [-0.39, 0.29) is 43.7 Å². The summed E-state index contributed by atoms with van der Waals surface area (Å²) in [6.07, 6.45) is 7.41. The average molecular weight is 554 g/mol. The predicted molar refractivity (Wildman–Crippen MR) is 142 cm³/mol. The van der Waals surface area contributed by atoms with E-state index >= 15 is 0 Å². The van der Waals surface area contributed by atoms with Crippen molar-refractivity contribution in [2.75, 3.05) is 30.4 Å². The molecule has 3 aromatic rings. The highest BCUT2D eigenvalue weighted by Crippen LogP contribution is 2.40. The van der Waals surface area contributed by atoms with Crippen molar-refractivity contribution in [3.63, 3.8) is 0 Å². The molecule has 0 spiro atoms. The van der Waals surface area contributed by atoms with Crippen LogP contribution in [-0.2, 0) is 16.8 Å². The maximum absolute atomic E-state index is 13.5. The Bertz CT molecular complexity index is 1450. The molecule has 0 radical (unpaired) electrons. The van der Waals surface area contributed by atoms with Crippen LogP contribution in [0.2, 0.25) is 0 Å². The minimum absolute atomic E-state index is 0.0498. The first-order valence-corrected chi connectivity index (χ1v) is 14.5. The molecule has 0 amide bonds. The van der Waals surface area contributed by atoms with Gasteiger partial charge >= 0.3 is 0 Å². The molecule has 2 bridgehead atoms. The molecule has 3 aliphatic rings. The largest absolute Gasteiger partial charge is 0.390 e. The van der Waals surface area contributed by atoms with Crippen LogP contribution in [0.25, 0.3) is 11.3 Å². The van der Waals surface area contributed by atoms with Gasteiger partial charge < -0.3 is 15.3 Å². The number of rotatable bonds is 8. The fraction of sp³-hybridized carbons (Fsp3) is 0.542. The number of aliphatic hydroxyl groups is 1. The monoisotopic (exact) mass is 553 g/mol. The molecule has 0 unspecified atom stereocenters. The summed E-state index contributed by atoms with van der Waals surface area (Å²) in [6.45, 7) is 0.400.